The summed E-state index contributed by atoms with van der Waals surface area (Å²) in [6, 6.07) is 1.31. The van der Waals surface area contributed by atoms with E-state index in [1.165, 1.54) is 38.5 Å². The van der Waals surface area contributed by atoms with Gasteiger partial charge in [-0.25, -0.2) is 0 Å². The van der Waals surface area contributed by atoms with E-state index >= 15 is 0 Å². The summed E-state index contributed by atoms with van der Waals surface area (Å²) in [6.07, 6.45) is 8.81. The lowest BCUT2D eigenvalue weighted by molar-refractivity contribution is -0.126. The Balaban J connectivity index is 1.76. The van der Waals surface area contributed by atoms with Gasteiger partial charge in [-0.1, -0.05) is 47.0 Å². The Morgan fingerprint density at radius 1 is 1.10 bits per heavy atom. The number of rotatable bonds is 6. The van der Waals surface area contributed by atoms with Crippen LogP contribution < -0.4 is 5.32 Å². The third kappa shape index (κ3) is 3.76. The van der Waals surface area contributed by atoms with Gasteiger partial charge in [0.1, 0.15) is 0 Å². The van der Waals surface area contributed by atoms with Gasteiger partial charge in [0.05, 0.1) is 6.10 Å². The maximum Gasteiger partial charge on any atom is 0.0656 e. The highest BCUT2D eigenvalue weighted by molar-refractivity contribution is 5.04. The van der Waals surface area contributed by atoms with Gasteiger partial charge in [0.25, 0.3) is 0 Å². The summed E-state index contributed by atoms with van der Waals surface area (Å²) < 4.78 is 6.07. The van der Waals surface area contributed by atoms with E-state index in [2.05, 4.69) is 39.9 Å². The molecule has 2 fully saturated rings. The van der Waals surface area contributed by atoms with Crippen LogP contribution in [0.2, 0.25) is 0 Å². The molecule has 1 N–H and O–H groups in total. The summed E-state index contributed by atoms with van der Waals surface area (Å²) in [5.74, 6) is 1.54. The molecule has 2 saturated carbocycles. The molecule has 0 amide bonds. The normalized spacial score (nSPS) is 32.1. The van der Waals surface area contributed by atoms with Crippen LogP contribution in [-0.2, 0) is 4.74 Å². The standard InChI is InChI=1S/C18H35NO/c1-13(2)12-20-17-11-16(18(17,4)5)19-14(3)15-9-7-6-8-10-15/h13-17,19H,6-12H2,1-5H3/t14-,16?,17?/m1/s1. The van der Waals surface area contributed by atoms with Crippen molar-refractivity contribution in [3.8, 4) is 0 Å². The third-order valence-corrected chi connectivity index (χ3v) is 5.63. The van der Waals surface area contributed by atoms with Crippen LogP contribution in [0, 0.1) is 17.3 Å². The van der Waals surface area contributed by atoms with Crippen molar-refractivity contribution >= 4 is 0 Å². The molecule has 2 heteroatoms. The molecule has 2 nitrogen and oxygen atoms in total. The zero-order valence-corrected chi connectivity index (χ0v) is 14.2. The van der Waals surface area contributed by atoms with Gasteiger partial charge in [0, 0.05) is 24.1 Å². The number of ether oxygens (including phenoxy) is 1. The molecule has 2 aliphatic rings. The minimum Gasteiger partial charge on any atom is -0.377 e. The molecule has 0 aromatic rings. The highest BCUT2D eigenvalue weighted by atomic mass is 16.5. The quantitative estimate of drug-likeness (QED) is 0.780. The highest BCUT2D eigenvalue weighted by Crippen LogP contribution is 2.43. The molecular formula is C18H35NO. The summed E-state index contributed by atoms with van der Waals surface area (Å²) in [5, 5.41) is 3.91. The molecule has 0 saturated heterocycles. The van der Waals surface area contributed by atoms with Crippen molar-refractivity contribution in [2.75, 3.05) is 6.61 Å². The Bertz CT molecular complexity index is 294. The largest absolute Gasteiger partial charge is 0.377 e. The van der Waals surface area contributed by atoms with E-state index in [-0.39, 0.29) is 5.41 Å². The maximum atomic E-state index is 6.07. The topological polar surface area (TPSA) is 21.3 Å². The number of hydrogen-bond acceptors (Lipinski definition) is 2. The molecular weight excluding hydrogens is 246 g/mol. The monoisotopic (exact) mass is 281 g/mol. The van der Waals surface area contributed by atoms with Crippen molar-refractivity contribution in [1.82, 2.24) is 5.32 Å². The second-order valence-corrected chi connectivity index (χ2v) is 8.18. The molecule has 0 aliphatic heterocycles. The van der Waals surface area contributed by atoms with Gasteiger partial charge in [-0.2, -0.15) is 0 Å². The van der Waals surface area contributed by atoms with Crippen molar-refractivity contribution in [3.63, 3.8) is 0 Å². The molecule has 0 radical (unpaired) electrons. The first kappa shape index (κ1) is 16.3. The Morgan fingerprint density at radius 2 is 1.75 bits per heavy atom. The lowest BCUT2D eigenvalue weighted by Crippen LogP contribution is -2.63. The lowest BCUT2D eigenvalue weighted by Gasteiger charge is -2.53. The molecule has 2 rings (SSSR count). The van der Waals surface area contributed by atoms with Gasteiger partial charge in [0.15, 0.2) is 0 Å². The van der Waals surface area contributed by atoms with Crippen LogP contribution in [0.4, 0.5) is 0 Å². The van der Waals surface area contributed by atoms with Crippen LogP contribution in [0.25, 0.3) is 0 Å². The van der Waals surface area contributed by atoms with Gasteiger partial charge in [-0.05, 0) is 38.0 Å². The highest BCUT2D eigenvalue weighted by Gasteiger charge is 2.49. The first-order valence-corrected chi connectivity index (χ1v) is 8.79. The van der Waals surface area contributed by atoms with E-state index < -0.39 is 0 Å². The second-order valence-electron chi connectivity index (χ2n) is 8.18. The first-order chi connectivity index (χ1) is 9.41. The maximum absolute atomic E-state index is 6.07. The van der Waals surface area contributed by atoms with E-state index in [0.29, 0.717) is 24.1 Å². The summed E-state index contributed by atoms with van der Waals surface area (Å²) in [7, 11) is 0. The van der Waals surface area contributed by atoms with Crippen molar-refractivity contribution in [3.05, 3.63) is 0 Å². The smallest absolute Gasteiger partial charge is 0.0656 e. The van der Waals surface area contributed by atoms with Gasteiger partial charge in [-0.3, -0.25) is 0 Å². The van der Waals surface area contributed by atoms with Crippen molar-refractivity contribution in [2.45, 2.75) is 91.3 Å². The van der Waals surface area contributed by atoms with Gasteiger partial charge >= 0.3 is 0 Å². The fourth-order valence-corrected chi connectivity index (χ4v) is 3.85. The fourth-order valence-electron chi connectivity index (χ4n) is 3.85. The van der Waals surface area contributed by atoms with Crippen LogP contribution in [-0.4, -0.2) is 24.8 Å². The molecule has 0 aromatic carbocycles. The predicted octanol–water partition coefficient (Wildman–Crippen LogP) is 4.38. The summed E-state index contributed by atoms with van der Waals surface area (Å²) in [5.41, 5.74) is 0.290. The second kappa shape index (κ2) is 6.79. The summed E-state index contributed by atoms with van der Waals surface area (Å²) in [6.45, 7) is 12.5. The minimum atomic E-state index is 0.290. The van der Waals surface area contributed by atoms with Crippen molar-refractivity contribution < 1.29 is 4.74 Å². The fraction of sp³-hybridized carbons (Fsp3) is 1.00. The Morgan fingerprint density at radius 3 is 2.30 bits per heavy atom. The number of hydrogen-bond donors (Lipinski definition) is 1. The van der Waals surface area contributed by atoms with Crippen LogP contribution in [0.15, 0.2) is 0 Å². The average molecular weight is 281 g/mol. The molecule has 0 spiro atoms. The Kier molecular flexibility index (Phi) is 5.53. The average Bonchev–Trinajstić information content (AvgIpc) is 2.42. The zero-order chi connectivity index (χ0) is 14.8. The van der Waals surface area contributed by atoms with E-state index in [9.17, 15) is 0 Å². The Hall–Kier alpha value is -0.0800. The van der Waals surface area contributed by atoms with E-state index in [4.69, 9.17) is 4.74 Å². The van der Waals surface area contributed by atoms with Crippen LogP contribution in [0.3, 0.4) is 0 Å². The molecule has 0 bridgehead atoms. The zero-order valence-electron chi connectivity index (χ0n) is 14.2. The molecule has 2 aliphatic carbocycles. The third-order valence-electron chi connectivity index (χ3n) is 5.63. The van der Waals surface area contributed by atoms with E-state index in [0.717, 1.165) is 12.5 Å². The van der Waals surface area contributed by atoms with Gasteiger partial charge in [-0.15, -0.1) is 0 Å². The van der Waals surface area contributed by atoms with Crippen molar-refractivity contribution in [2.24, 2.45) is 17.3 Å². The van der Waals surface area contributed by atoms with Gasteiger partial charge < -0.3 is 10.1 Å². The molecule has 0 heterocycles. The predicted molar refractivity (Wildman–Crippen MR) is 85.9 cm³/mol. The van der Waals surface area contributed by atoms with Crippen LogP contribution in [0.1, 0.15) is 73.1 Å². The summed E-state index contributed by atoms with van der Waals surface area (Å²) >= 11 is 0. The molecule has 3 atom stereocenters. The molecule has 0 aromatic heterocycles. The SMILES string of the molecule is CC(C)COC1CC(N[C@H](C)C2CCCCC2)C1(C)C. The van der Waals surface area contributed by atoms with Crippen LogP contribution in [0.5, 0.6) is 0 Å². The van der Waals surface area contributed by atoms with E-state index in [1.54, 1.807) is 0 Å². The van der Waals surface area contributed by atoms with Crippen LogP contribution >= 0.6 is 0 Å². The molecule has 20 heavy (non-hydrogen) atoms. The van der Waals surface area contributed by atoms with E-state index in [1.807, 2.05) is 0 Å². The molecule has 118 valence electrons. The first-order valence-electron chi connectivity index (χ1n) is 8.79. The molecule has 2 unspecified atom stereocenters. The minimum absolute atomic E-state index is 0.290. The lowest BCUT2D eigenvalue weighted by atomic mass is 9.64. The number of nitrogens with one attached hydrogen (secondary N) is 1. The summed E-state index contributed by atoms with van der Waals surface area (Å²) in [4.78, 5) is 0. The van der Waals surface area contributed by atoms with Crippen molar-refractivity contribution in [1.29, 1.82) is 0 Å². The van der Waals surface area contributed by atoms with Gasteiger partial charge in [0.2, 0.25) is 0 Å². The Labute approximate surface area is 126 Å².